The summed E-state index contributed by atoms with van der Waals surface area (Å²) in [5.41, 5.74) is 1.21. The van der Waals surface area contributed by atoms with Crippen LogP contribution in [-0.2, 0) is 30.7 Å². The number of carboxylic acid groups (broad SMARTS) is 2. The molecule has 0 aliphatic rings. The second kappa shape index (κ2) is 17.1. The van der Waals surface area contributed by atoms with Crippen molar-refractivity contribution in [3.8, 4) is 0 Å². The smallest absolute Gasteiger partial charge is 0.550 e. The average Bonchev–Trinajstić information content (AvgIpc) is 2.03. The van der Waals surface area contributed by atoms with E-state index >= 15 is 0 Å². The van der Waals surface area contributed by atoms with Gasteiger partial charge in [-0.15, -0.1) is 0 Å². The van der Waals surface area contributed by atoms with Gasteiger partial charge >= 0.3 is 21.1 Å². The van der Waals surface area contributed by atoms with Gasteiger partial charge in [0.05, 0.1) is 0 Å². The van der Waals surface area contributed by atoms with Crippen molar-refractivity contribution < 1.29 is 40.9 Å². The monoisotopic (exact) mass is 423 g/mol. The van der Waals surface area contributed by atoms with E-state index in [9.17, 15) is 0 Å². The Labute approximate surface area is 115 Å². The predicted molar refractivity (Wildman–Crippen MR) is 55.4 cm³/mol. The summed E-state index contributed by atoms with van der Waals surface area (Å²) in [6, 6.07) is 3.95. The summed E-state index contributed by atoms with van der Waals surface area (Å²) in [6.45, 7) is 3.97. The molecule has 0 bridgehead atoms. The zero-order valence-electron chi connectivity index (χ0n) is 9.91. The molecule has 1 heterocycles. The van der Waals surface area contributed by atoms with Crippen molar-refractivity contribution in [1.29, 1.82) is 0 Å². The summed E-state index contributed by atoms with van der Waals surface area (Å²) in [5, 5.41) is 17.8. The second-order valence-electron chi connectivity index (χ2n) is 2.51. The number of carbonyl (C=O) groups is 2. The number of aliphatic carboxylic acids is 2. The fourth-order valence-corrected chi connectivity index (χ4v) is 0.448. The zero-order chi connectivity index (χ0) is 12.3. The first-order chi connectivity index (χ1) is 6.86. The van der Waals surface area contributed by atoms with E-state index in [1.165, 1.54) is 5.56 Å². The normalized spacial score (nSPS) is 6.53. The fourth-order valence-electron chi connectivity index (χ4n) is 0.448. The van der Waals surface area contributed by atoms with Gasteiger partial charge in [0.1, 0.15) is 0 Å². The van der Waals surface area contributed by atoms with E-state index in [4.69, 9.17) is 19.8 Å². The van der Waals surface area contributed by atoms with Gasteiger partial charge in [0.15, 0.2) is 0 Å². The number of carboxylic acids is 2. The maximum absolute atomic E-state index is 8.89. The Morgan fingerprint density at radius 1 is 1.18 bits per heavy atom. The van der Waals surface area contributed by atoms with Crippen molar-refractivity contribution in [1.82, 2.24) is 11.1 Å². The van der Waals surface area contributed by atoms with E-state index in [1.54, 1.807) is 6.20 Å². The molecule has 0 aliphatic carbocycles. The second-order valence-corrected chi connectivity index (χ2v) is 2.51. The molecular formula is C10H16N2O4Pt. The van der Waals surface area contributed by atoms with Gasteiger partial charge in [-0.1, -0.05) is 6.07 Å². The first-order valence-corrected chi connectivity index (χ1v) is 4.08. The largest absolute Gasteiger partial charge is 2.00 e. The first kappa shape index (κ1) is 24.8. The Kier molecular flexibility index (Phi) is 25.0. The fraction of sp³-hybridized carbons (Fsp3) is 0.300. The molecule has 1 aromatic rings. The minimum Gasteiger partial charge on any atom is -0.550 e. The van der Waals surface area contributed by atoms with Crippen LogP contribution < -0.4 is 16.4 Å². The third kappa shape index (κ3) is 52.7. The van der Waals surface area contributed by atoms with Gasteiger partial charge in [-0.25, -0.2) is 0 Å². The molecular weight excluding hydrogens is 407 g/mol. The van der Waals surface area contributed by atoms with E-state index < -0.39 is 11.9 Å². The Hall–Kier alpha value is -1.26. The topological polar surface area (TPSA) is 128 Å². The van der Waals surface area contributed by atoms with Crippen molar-refractivity contribution in [2.75, 3.05) is 0 Å². The summed E-state index contributed by atoms with van der Waals surface area (Å²) < 4.78 is 0. The first-order valence-electron chi connectivity index (χ1n) is 4.08. The minimum atomic E-state index is -1.08. The van der Waals surface area contributed by atoms with Gasteiger partial charge in [0, 0.05) is 24.3 Å². The molecule has 7 heteroatoms. The number of rotatable bonds is 0. The number of carbonyl (C=O) groups excluding carboxylic acids is 2. The van der Waals surface area contributed by atoms with Gasteiger partial charge in [-0.3, -0.25) is 4.98 Å². The Bertz CT molecular complexity index is 274. The van der Waals surface area contributed by atoms with Crippen molar-refractivity contribution >= 4 is 11.9 Å². The van der Waals surface area contributed by atoms with Crippen LogP contribution in [0.1, 0.15) is 19.4 Å². The van der Waals surface area contributed by atoms with Crippen LogP contribution in [0.4, 0.5) is 0 Å². The van der Waals surface area contributed by atoms with Crippen molar-refractivity contribution in [3.63, 3.8) is 0 Å². The van der Waals surface area contributed by atoms with Gasteiger partial charge in [-0.2, -0.15) is 0 Å². The molecule has 0 saturated heterocycles. The number of nitrogens with zero attached hydrogens (tertiary/aromatic N) is 1. The molecule has 6 nitrogen and oxygen atoms in total. The Balaban J connectivity index is -0.0000000755. The molecule has 0 aromatic carbocycles. The molecule has 0 spiro atoms. The molecule has 0 fully saturated rings. The maximum atomic E-state index is 8.89. The maximum Gasteiger partial charge on any atom is 2.00 e. The van der Waals surface area contributed by atoms with Crippen LogP contribution in [0.2, 0.25) is 0 Å². The third-order valence-corrected chi connectivity index (χ3v) is 0.809. The Morgan fingerprint density at radius 3 is 1.65 bits per heavy atom. The predicted octanol–water partition coefficient (Wildman–Crippen LogP) is -0.938. The quantitative estimate of drug-likeness (QED) is 0.574. The van der Waals surface area contributed by atoms with Gasteiger partial charge in [0.2, 0.25) is 0 Å². The van der Waals surface area contributed by atoms with Crippen molar-refractivity contribution in [3.05, 3.63) is 30.1 Å². The van der Waals surface area contributed by atoms with E-state index in [2.05, 4.69) is 4.98 Å². The van der Waals surface area contributed by atoms with Crippen LogP contribution in [0.3, 0.4) is 0 Å². The number of aryl methyl sites for hydroxylation is 1. The summed E-state index contributed by atoms with van der Waals surface area (Å²) in [6.07, 6.45) is 3.60. The molecule has 1 aromatic heterocycles. The van der Waals surface area contributed by atoms with Gasteiger partial charge < -0.3 is 26.0 Å². The van der Waals surface area contributed by atoms with Crippen LogP contribution in [-0.4, -0.2) is 16.9 Å². The number of hydrogen-bond acceptors (Lipinski definition) is 6. The summed E-state index contributed by atoms with van der Waals surface area (Å²) in [4.78, 5) is 21.7. The molecule has 100 valence electrons. The van der Waals surface area contributed by atoms with E-state index in [0.29, 0.717) is 0 Å². The van der Waals surface area contributed by atoms with Crippen LogP contribution in [0.15, 0.2) is 24.5 Å². The number of pyridine rings is 1. The molecule has 0 radical (unpaired) electrons. The molecule has 1 rings (SSSR count). The standard InChI is InChI=1S/C6H7N.2C2H4O2.H3N.Pt/c1-6-3-2-4-7-5-6;2*1-2(3)4;;/h2-5H,1H3;2*1H3,(H,3,4);1H3;/q;;;;+2/p-2. The zero-order valence-corrected chi connectivity index (χ0v) is 12.2. The summed E-state index contributed by atoms with van der Waals surface area (Å²) >= 11 is 0. The molecule has 3 N–H and O–H groups in total. The molecule has 0 atom stereocenters. The van der Waals surface area contributed by atoms with Crippen LogP contribution >= 0.6 is 0 Å². The van der Waals surface area contributed by atoms with E-state index in [-0.39, 0.29) is 27.2 Å². The molecule has 0 aliphatic heterocycles. The van der Waals surface area contributed by atoms with Crippen LogP contribution in [0, 0.1) is 6.92 Å². The summed E-state index contributed by atoms with van der Waals surface area (Å²) in [5.74, 6) is -2.17. The Morgan fingerprint density at radius 2 is 1.53 bits per heavy atom. The van der Waals surface area contributed by atoms with E-state index in [0.717, 1.165) is 13.8 Å². The van der Waals surface area contributed by atoms with E-state index in [1.807, 2.05) is 25.3 Å². The average molecular weight is 423 g/mol. The van der Waals surface area contributed by atoms with Gasteiger partial charge in [-0.05, 0) is 32.4 Å². The minimum absolute atomic E-state index is 0. The van der Waals surface area contributed by atoms with Crippen molar-refractivity contribution in [2.24, 2.45) is 0 Å². The van der Waals surface area contributed by atoms with Crippen LogP contribution in [0.5, 0.6) is 0 Å². The number of hydrogen-bond donors (Lipinski definition) is 1. The third-order valence-electron chi connectivity index (χ3n) is 0.809. The van der Waals surface area contributed by atoms with Crippen molar-refractivity contribution in [2.45, 2.75) is 20.8 Å². The van der Waals surface area contributed by atoms with Crippen LogP contribution in [0.25, 0.3) is 0 Å². The number of aromatic nitrogens is 1. The molecule has 0 saturated carbocycles. The van der Waals surface area contributed by atoms with Gasteiger partial charge in [0.25, 0.3) is 0 Å². The summed E-state index contributed by atoms with van der Waals surface area (Å²) in [7, 11) is 0. The molecule has 0 amide bonds. The molecule has 0 unspecified atom stereocenters. The molecule has 17 heavy (non-hydrogen) atoms. The SMILES string of the molecule is CC(=O)[O-].CC(=O)[O-].Cc1cccnc1.N.[Pt+2].